The van der Waals surface area contributed by atoms with Crippen molar-refractivity contribution in [3.8, 4) is 0 Å². The molecule has 4 heteroatoms. The molecule has 1 saturated heterocycles. The first-order valence-corrected chi connectivity index (χ1v) is 23.0. The fourth-order valence-electron chi connectivity index (χ4n) is 7.34. The Labute approximate surface area is 315 Å². The fraction of sp³-hybridized carbons (Fsp3) is 0.913. The lowest BCUT2D eigenvalue weighted by Gasteiger charge is -2.34. The minimum atomic E-state index is 1.19. The molecule has 1 aliphatic rings. The van der Waals surface area contributed by atoms with Crippen molar-refractivity contribution in [2.75, 3.05) is 65.4 Å². The third-order valence-corrected chi connectivity index (χ3v) is 10.9. The van der Waals surface area contributed by atoms with Crippen LogP contribution in [0.4, 0.5) is 0 Å². The monoisotopic (exact) mass is 701 g/mol. The summed E-state index contributed by atoms with van der Waals surface area (Å²) in [5.74, 6) is 0. The normalized spacial score (nSPS) is 14.6. The fourth-order valence-corrected chi connectivity index (χ4v) is 7.34. The van der Waals surface area contributed by atoms with Crippen LogP contribution >= 0.6 is 0 Å². The molecule has 1 fully saturated rings. The highest BCUT2D eigenvalue weighted by atomic mass is 15.3. The van der Waals surface area contributed by atoms with Gasteiger partial charge in [-0.05, 0) is 116 Å². The van der Waals surface area contributed by atoms with Gasteiger partial charge in [0.2, 0.25) is 0 Å². The number of hydrogen-bond donors (Lipinski definition) is 2. The van der Waals surface area contributed by atoms with Crippen LogP contribution < -0.4 is 10.6 Å². The summed E-state index contributed by atoms with van der Waals surface area (Å²) in [5.41, 5.74) is 0. The zero-order valence-corrected chi connectivity index (χ0v) is 34.5. The van der Waals surface area contributed by atoms with E-state index in [0.717, 1.165) is 0 Å². The lowest BCUT2D eigenvalue weighted by atomic mass is 10.1. The molecule has 50 heavy (non-hydrogen) atoms. The van der Waals surface area contributed by atoms with Crippen LogP contribution in [0.5, 0.6) is 0 Å². The molecule has 1 rings (SSSR count). The highest BCUT2D eigenvalue weighted by Gasteiger charge is 2.15. The quantitative estimate of drug-likeness (QED) is 0.0492. The first-order chi connectivity index (χ1) is 24.9. The second-order valence-electron chi connectivity index (χ2n) is 15.8. The first kappa shape index (κ1) is 47.3. The van der Waals surface area contributed by atoms with E-state index in [0.29, 0.717) is 0 Å². The summed E-state index contributed by atoms with van der Waals surface area (Å²) in [6.45, 7) is 17.0. The van der Waals surface area contributed by atoms with Crippen LogP contribution in [0, 0.1) is 0 Å². The molecule has 4 nitrogen and oxygen atoms in total. The molecular weight excluding hydrogens is 609 g/mol. The van der Waals surface area contributed by atoms with Gasteiger partial charge in [-0.25, -0.2) is 0 Å². The average molecular weight is 701 g/mol. The molecule has 0 amide bonds. The summed E-state index contributed by atoms with van der Waals surface area (Å²) >= 11 is 0. The summed E-state index contributed by atoms with van der Waals surface area (Å²) in [4.78, 5) is 5.38. The molecule has 0 unspecified atom stereocenters. The van der Waals surface area contributed by atoms with Crippen LogP contribution in [0.25, 0.3) is 0 Å². The minimum Gasteiger partial charge on any atom is -0.317 e. The Hall–Kier alpha value is -0.680. The van der Waals surface area contributed by atoms with E-state index in [-0.39, 0.29) is 0 Å². The van der Waals surface area contributed by atoms with Crippen molar-refractivity contribution in [2.45, 2.75) is 206 Å². The standard InChI is InChI=1S/C46H92N4/c1-3-5-7-9-11-13-15-17-19-21-23-25-27-29-31-33-37-47-39-35-41-49-43-45-50(46-44-49)42-36-40-48-38-34-32-30-28-26-24-22-20-18-16-14-12-10-8-6-4-2/h17-20,47-48H,3-16,21-46H2,1-2H3/b19-17+,20-18+. The van der Waals surface area contributed by atoms with Gasteiger partial charge in [0.05, 0.1) is 0 Å². The Kier molecular flexibility index (Phi) is 38.9. The topological polar surface area (TPSA) is 30.5 Å². The molecule has 0 aromatic carbocycles. The Bertz CT molecular complexity index is 626. The highest BCUT2D eigenvalue weighted by Crippen LogP contribution is 2.12. The van der Waals surface area contributed by atoms with E-state index in [1.807, 2.05) is 0 Å². The number of nitrogens with one attached hydrogen (secondary N) is 2. The summed E-state index contributed by atoms with van der Waals surface area (Å²) in [6, 6.07) is 0. The van der Waals surface area contributed by atoms with E-state index < -0.39 is 0 Å². The molecule has 0 radical (unpaired) electrons. The molecule has 0 spiro atoms. The third-order valence-electron chi connectivity index (χ3n) is 10.9. The van der Waals surface area contributed by atoms with Gasteiger partial charge in [0, 0.05) is 26.2 Å². The predicted molar refractivity (Wildman–Crippen MR) is 227 cm³/mol. The number of piperazine rings is 1. The second-order valence-corrected chi connectivity index (χ2v) is 15.8. The van der Waals surface area contributed by atoms with Gasteiger partial charge in [-0.2, -0.15) is 0 Å². The molecule has 0 atom stereocenters. The van der Waals surface area contributed by atoms with Crippen molar-refractivity contribution in [3.63, 3.8) is 0 Å². The molecule has 0 bridgehead atoms. The largest absolute Gasteiger partial charge is 0.317 e. The van der Waals surface area contributed by atoms with E-state index in [2.05, 4.69) is 58.6 Å². The Balaban J connectivity index is 1.73. The number of rotatable bonds is 40. The summed E-state index contributed by atoms with van der Waals surface area (Å²) in [6.07, 6.45) is 51.2. The molecule has 1 heterocycles. The maximum atomic E-state index is 3.71. The molecule has 0 aromatic rings. The zero-order valence-electron chi connectivity index (χ0n) is 34.5. The maximum Gasteiger partial charge on any atom is 0.0110 e. The van der Waals surface area contributed by atoms with Crippen LogP contribution in [0.15, 0.2) is 24.3 Å². The zero-order chi connectivity index (χ0) is 35.7. The van der Waals surface area contributed by atoms with Crippen molar-refractivity contribution >= 4 is 0 Å². The Morgan fingerprint density at radius 2 is 0.580 bits per heavy atom. The number of allylic oxidation sites excluding steroid dienone is 4. The van der Waals surface area contributed by atoms with Gasteiger partial charge in [-0.3, -0.25) is 0 Å². The van der Waals surface area contributed by atoms with Gasteiger partial charge in [-0.15, -0.1) is 0 Å². The molecule has 1 aliphatic heterocycles. The van der Waals surface area contributed by atoms with E-state index >= 15 is 0 Å². The van der Waals surface area contributed by atoms with E-state index in [9.17, 15) is 0 Å². The van der Waals surface area contributed by atoms with Crippen molar-refractivity contribution < 1.29 is 0 Å². The van der Waals surface area contributed by atoms with Gasteiger partial charge in [0.1, 0.15) is 0 Å². The predicted octanol–water partition coefficient (Wildman–Crippen LogP) is 12.6. The van der Waals surface area contributed by atoms with E-state index in [1.54, 1.807) is 0 Å². The van der Waals surface area contributed by atoms with Crippen LogP contribution in [-0.4, -0.2) is 75.2 Å². The first-order valence-electron chi connectivity index (χ1n) is 23.0. The van der Waals surface area contributed by atoms with Crippen LogP contribution in [0.1, 0.15) is 206 Å². The highest BCUT2D eigenvalue weighted by molar-refractivity contribution is 4.82. The molecule has 296 valence electrons. The second kappa shape index (κ2) is 41.1. The average Bonchev–Trinajstić information content (AvgIpc) is 3.13. The summed E-state index contributed by atoms with van der Waals surface area (Å²) in [5, 5.41) is 7.41. The summed E-state index contributed by atoms with van der Waals surface area (Å²) in [7, 11) is 0. The Morgan fingerprint density at radius 1 is 0.320 bits per heavy atom. The van der Waals surface area contributed by atoms with Crippen LogP contribution in [0.2, 0.25) is 0 Å². The maximum absolute atomic E-state index is 3.71. The van der Waals surface area contributed by atoms with Gasteiger partial charge in [-0.1, -0.05) is 154 Å². The number of hydrogen-bond acceptors (Lipinski definition) is 4. The molecule has 0 aromatic heterocycles. The Morgan fingerprint density at radius 3 is 0.900 bits per heavy atom. The SMILES string of the molecule is CCCCCCCC/C=C/CCCCCCCCNCCCN1CCN(CCCNCCCCCCCC/C=C/CCCCCCCC)CC1. The van der Waals surface area contributed by atoms with Crippen molar-refractivity contribution in [1.82, 2.24) is 20.4 Å². The smallest absolute Gasteiger partial charge is 0.0110 e. The lowest BCUT2D eigenvalue weighted by molar-refractivity contribution is 0.130. The van der Waals surface area contributed by atoms with E-state index in [4.69, 9.17) is 0 Å². The molecular formula is C46H92N4. The van der Waals surface area contributed by atoms with Gasteiger partial charge < -0.3 is 20.4 Å². The van der Waals surface area contributed by atoms with Crippen LogP contribution in [0.3, 0.4) is 0 Å². The van der Waals surface area contributed by atoms with Crippen molar-refractivity contribution in [1.29, 1.82) is 0 Å². The number of nitrogens with zero attached hydrogens (tertiary/aromatic N) is 2. The third kappa shape index (κ3) is 35.7. The van der Waals surface area contributed by atoms with Gasteiger partial charge >= 0.3 is 0 Å². The molecule has 0 aliphatic carbocycles. The molecule has 0 saturated carbocycles. The molecule has 2 N–H and O–H groups in total. The minimum absolute atomic E-state index is 1.19. The van der Waals surface area contributed by atoms with Crippen molar-refractivity contribution in [3.05, 3.63) is 24.3 Å². The van der Waals surface area contributed by atoms with Crippen LogP contribution in [-0.2, 0) is 0 Å². The summed E-state index contributed by atoms with van der Waals surface area (Å²) < 4.78 is 0. The van der Waals surface area contributed by atoms with Gasteiger partial charge in [0.25, 0.3) is 0 Å². The van der Waals surface area contributed by atoms with Crippen molar-refractivity contribution in [2.24, 2.45) is 0 Å². The number of unbranched alkanes of at least 4 members (excludes halogenated alkanes) is 24. The lowest BCUT2D eigenvalue weighted by Crippen LogP contribution is -2.47. The van der Waals surface area contributed by atoms with Gasteiger partial charge in [0.15, 0.2) is 0 Å². The van der Waals surface area contributed by atoms with E-state index in [1.165, 1.54) is 258 Å².